The van der Waals surface area contributed by atoms with Crippen LogP contribution in [0.15, 0.2) is 31.9 Å². The van der Waals surface area contributed by atoms with E-state index in [-0.39, 0.29) is 11.6 Å². The van der Waals surface area contributed by atoms with Crippen molar-refractivity contribution in [3.05, 3.63) is 54.6 Å². The van der Waals surface area contributed by atoms with Crippen LogP contribution in [0.1, 0.15) is 30.0 Å². The van der Waals surface area contributed by atoms with Crippen molar-refractivity contribution >= 4 is 37.5 Å². The quantitative estimate of drug-likeness (QED) is 0.815. The van der Waals surface area contributed by atoms with Gasteiger partial charge >= 0.3 is 0 Å². The third-order valence-electron chi connectivity index (χ3n) is 3.00. The molecule has 0 bridgehead atoms. The number of nitrogens with one attached hydrogen (secondary N) is 2. The van der Waals surface area contributed by atoms with Crippen molar-refractivity contribution in [1.29, 1.82) is 0 Å². The zero-order chi connectivity index (χ0) is 14.9. The summed E-state index contributed by atoms with van der Waals surface area (Å²) in [6.07, 6.45) is 0. The third kappa shape index (κ3) is 3.30. The van der Waals surface area contributed by atoms with E-state index in [1.54, 1.807) is 6.92 Å². The van der Waals surface area contributed by atoms with Crippen LogP contribution in [0, 0.1) is 13.8 Å². The molecule has 0 aliphatic carbocycles. The molecule has 4 nitrogen and oxygen atoms in total. The molecule has 0 radical (unpaired) electrons. The Balaban J connectivity index is 2.36. The molecule has 0 aliphatic rings. The second kappa shape index (κ2) is 6.10. The summed E-state index contributed by atoms with van der Waals surface area (Å²) in [5.41, 5.74) is 2.23. The second-order valence-electron chi connectivity index (χ2n) is 4.64. The molecule has 1 atom stereocenters. The number of aromatic amines is 1. The molecule has 0 aliphatic heterocycles. The van der Waals surface area contributed by atoms with E-state index in [4.69, 9.17) is 0 Å². The van der Waals surface area contributed by atoms with Crippen LogP contribution < -0.4 is 10.9 Å². The first-order chi connectivity index (χ1) is 9.38. The Bertz CT molecular complexity index is 697. The van der Waals surface area contributed by atoms with E-state index in [2.05, 4.69) is 47.1 Å². The van der Waals surface area contributed by atoms with Crippen molar-refractivity contribution in [3.63, 3.8) is 0 Å². The Morgan fingerprint density at radius 2 is 2.00 bits per heavy atom. The number of hydrogen-bond donors (Lipinski definition) is 2. The van der Waals surface area contributed by atoms with Crippen molar-refractivity contribution in [2.75, 3.05) is 5.32 Å². The molecule has 0 saturated carbocycles. The SMILES string of the molecule is Cc1nc(C)c(C(C)Nc2cc(Br)ccc2Br)c(=O)[nH]1. The first-order valence-electron chi connectivity index (χ1n) is 6.17. The minimum Gasteiger partial charge on any atom is -0.377 e. The largest absolute Gasteiger partial charge is 0.377 e. The van der Waals surface area contributed by atoms with Gasteiger partial charge in [-0.1, -0.05) is 15.9 Å². The van der Waals surface area contributed by atoms with Crippen LogP contribution in [-0.2, 0) is 0 Å². The molecule has 2 aromatic rings. The smallest absolute Gasteiger partial charge is 0.256 e. The maximum atomic E-state index is 12.1. The number of benzene rings is 1. The summed E-state index contributed by atoms with van der Waals surface area (Å²) in [6.45, 7) is 5.58. The minimum atomic E-state index is -0.141. The lowest BCUT2D eigenvalue weighted by Crippen LogP contribution is -2.23. The fraction of sp³-hybridized carbons (Fsp3) is 0.286. The van der Waals surface area contributed by atoms with E-state index >= 15 is 0 Å². The van der Waals surface area contributed by atoms with Gasteiger partial charge in [-0.05, 0) is 54.9 Å². The average molecular weight is 401 g/mol. The molecule has 0 spiro atoms. The highest BCUT2D eigenvalue weighted by molar-refractivity contribution is 9.11. The highest BCUT2D eigenvalue weighted by Gasteiger charge is 2.15. The van der Waals surface area contributed by atoms with Crippen LogP contribution in [0.4, 0.5) is 5.69 Å². The Hall–Kier alpha value is -1.14. The van der Waals surface area contributed by atoms with Gasteiger partial charge in [0, 0.05) is 8.95 Å². The molecule has 2 rings (SSSR count). The van der Waals surface area contributed by atoms with Crippen molar-refractivity contribution in [2.24, 2.45) is 0 Å². The lowest BCUT2D eigenvalue weighted by molar-refractivity contribution is 0.813. The summed E-state index contributed by atoms with van der Waals surface area (Å²) in [7, 11) is 0. The van der Waals surface area contributed by atoms with Gasteiger partial charge in [-0.25, -0.2) is 4.98 Å². The van der Waals surface area contributed by atoms with E-state index in [0.717, 1.165) is 20.3 Å². The Morgan fingerprint density at radius 1 is 1.30 bits per heavy atom. The molecule has 6 heteroatoms. The van der Waals surface area contributed by atoms with E-state index in [1.165, 1.54) is 0 Å². The first-order valence-corrected chi connectivity index (χ1v) is 7.76. The molecule has 1 aromatic carbocycles. The van der Waals surface area contributed by atoms with Crippen LogP contribution in [-0.4, -0.2) is 9.97 Å². The van der Waals surface area contributed by atoms with Gasteiger partial charge in [0.1, 0.15) is 5.82 Å². The maximum absolute atomic E-state index is 12.1. The molecule has 2 N–H and O–H groups in total. The summed E-state index contributed by atoms with van der Waals surface area (Å²) >= 11 is 6.94. The second-order valence-corrected chi connectivity index (χ2v) is 6.41. The molecule has 0 fully saturated rings. The number of H-pyrrole nitrogens is 1. The van der Waals surface area contributed by atoms with E-state index < -0.39 is 0 Å². The monoisotopic (exact) mass is 399 g/mol. The summed E-state index contributed by atoms with van der Waals surface area (Å²) in [5, 5.41) is 3.33. The Labute approximate surface area is 134 Å². The standard InChI is InChI=1S/C14H15Br2N3O/c1-7-13(14(20)19-9(3)17-7)8(2)18-12-6-10(15)4-5-11(12)16/h4-6,8,18H,1-3H3,(H,17,19,20). The van der Waals surface area contributed by atoms with Crippen molar-refractivity contribution in [3.8, 4) is 0 Å². The van der Waals surface area contributed by atoms with Crippen molar-refractivity contribution in [1.82, 2.24) is 9.97 Å². The van der Waals surface area contributed by atoms with Gasteiger partial charge in [0.15, 0.2) is 0 Å². The summed E-state index contributed by atoms with van der Waals surface area (Å²) in [6, 6.07) is 5.72. The Kier molecular flexibility index (Phi) is 4.65. The highest BCUT2D eigenvalue weighted by atomic mass is 79.9. The lowest BCUT2D eigenvalue weighted by atomic mass is 10.1. The molecule has 0 saturated heterocycles. The number of rotatable bonds is 3. The maximum Gasteiger partial charge on any atom is 0.256 e. The summed E-state index contributed by atoms with van der Waals surface area (Å²) in [5.74, 6) is 0.632. The van der Waals surface area contributed by atoms with Gasteiger partial charge in [0.25, 0.3) is 5.56 Å². The van der Waals surface area contributed by atoms with E-state index in [1.807, 2.05) is 32.0 Å². The number of nitrogens with zero attached hydrogens (tertiary/aromatic N) is 1. The number of halogens is 2. The molecule has 0 amide bonds. The number of hydrogen-bond acceptors (Lipinski definition) is 3. The van der Waals surface area contributed by atoms with Gasteiger partial charge in [-0.15, -0.1) is 0 Å². The molecular formula is C14H15Br2N3O. The molecule has 20 heavy (non-hydrogen) atoms. The third-order valence-corrected chi connectivity index (χ3v) is 4.18. The van der Waals surface area contributed by atoms with Crippen LogP contribution in [0.5, 0.6) is 0 Å². The number of anilines is 1. The molecule has 106 valence electrons. The van der Waals surface area contributed by atoms with Crippen LogP contribution >= 0.6 is 31.9 Å². The molecule has 1 heterocycles. The first kappa shape index (κ1) is 15.3. The van der Waals surface area contributed by atoms with Crippen molar-refractivity contribution in [2.45, 2.75) is 26.8 Å². The summed E-state index contributed by atoms with van der Waals surface area (Å²) < 4.78 is 1.92. The lowest BCUT2D eigenvalue weighted by Gasteiger charge is -2.18. The highest BCUT2D eigenvalue weighted by Crippen LogP contribution is 2.29. The van der Waals surface area contributed by atoms with Crippen molar-refractivity contribution < 1.29 is 0 Å². The minimum absolute atomic E-state index is 0.0962. The van der Waals surface area contributed by atoms with Gasteiger partial charge in [-0.3, -0.25) is 4.79 Å². The fourth-order valence-corrected chi connectivity index (χ4v) is 2.88. The fourth-order valence-electron chi connectivity index (χ4n) is 2.16. The molecule has 1 aromatic heterocycles. The average Bonchev–Trinajstić information content (AvgIpc) is 2.32. The van der Waals surface area contributed by atoms with Crippen LogP contribution in [0.3, 0.4) is 0 Å². The number of aromatic nitrogens is 2. The Morgan fingerprint density at radius 3 is 2.65 bits per heavy atom. The van der Waals surface area contributed by atoms with E-state index in [9.17, 15) is 4.79 Å². The van der Waals surface area contributed by atoms with Gasteiger partial charge in [0.2, 0.25) is 0 Å². The van der Waals surface area contributed by atoms with Crippen LogP contribution in [0.2, 0.25) is 0 Å². The normalized spacial score (nSPS) is 12.2. The predicted molar refractivity (Wildman–Crippen MR) is 88.2 cm³/mol. The molecule has 1 unspecified atom stereocenters. The zero-order valence-corrected chi connectivity index (χ0v) is 14.6. The number of aryl methyl sites for hydroxylation is 2. The van der Waals surface area contributed by atoms with Crippen LogP contribution in [0.25, 0.3) is 0 Å². The van der Waals surface area contributed by atoms with Gasteiger partial charge in [-0.2, -0.15) is 0 Å². The molecular weight excluding hydrogens is 386 g/mol. The zero-order valence-electron chi connectivity index (χ0n) is 11.4. The summed E-state index contributed by atoms with van der Waals surface area (Å²) in [4.78, 5) is 19.2. The topological polar surface area (TPSA) is 57.8 Å². The predicted octanol–water partition coefficient (Wildman–Crippen LogP) is 4.08. The van der Waals surface area contributed by atoms with Gasteiger partial charge in [0.05, 0.1) is 23.0 Å². The van der Waals surface area contributed by atoms with Gasteiger partial charge < -0.3 is 10.3 Å². The van der Waals surface area contributed by atoms with E-state index in [0.29, 0.717) is 11.4 Å².